The summed E-state index contributed by atoms with van der Waals surface area (Å²) in [6.45, 7) is 1.25. The standard InChI is InChI=1S/C24H27N3O3S2/c1-31-18-10-8-9-17(15-18)25-21(28)16-27-19-11-4-5-12-20(19)32-22(24(27)30)23(29)26-13-6-2-3-7-14-26/h4-5,8-12,15,22H,2-3,6-7,13-14,16H2,1H3,(H,25,28). The van der Waals surface area contributed by atoms with Crippen LogP contribution in [0.5, 0.6) is 0 Å². The molecule has 2 aliphatic heterocycles. The number of anilines is 2. The number of amides is 3. The van der Waals surface area contributed by atoms with Crippen molar-refractivity contribution in [3.8, 4) is 0 Å². The molecule has 1 fully saturated rings. The van der Waals surface area contributed by atoms with Crippen molar-refractivity contribution in [2.24, 2.45) is 0 Å². The summed E-state index contributed by atoms with van der Waals surface area (Å²) in [6.07, 6.45) is 6.14. The number of para-hydroxylation sites is 1. The van der Waals surface area contributed by atoms with Crippen LogP contribution in [0.4, 0.5) is 11.4 Å². The van der Waals surface area contributed by atoms with E-state index in [1.165, 1.54) is 16.7 Å². The van der Waals surface area contributed by atoms with Gasteiger partial charge in [-0.25, -0.2) is 0 Å². The summed E-state index contributed by atoms with van der Waals surface area (Å²) in [5.74, 6) is -0.760. The predicted octanol–water partition coefficient (Wildman–Crippen LogP) is 4.26. The van der Waals surface area contributed by atoms with E-state index < -0.39 is 5.25 Å². The second kappa shape index (κ2) is 10.4. The number of hydrogen-bond acceptors (Lipinski definition) is 5. The van der Waals surface area contributed by atoms with Gasteiger partial charge < -0.3 is 15.1 Å². The van der Waals surface area contributed by atoms with Crippen LogP contribution in [0, 0.1) is 0 Å². The predicted molar refractivity (Wildman–Crippen MR) is 130 cm³/mol. The monoisotopic (exact) mass is 469 g/mol. The summed E-state index contributed by atoms with van der Waals surface area (Å²) in [6, 6.07) is 15.0. The van der Waals surface area contributed by atoms with Crippen LogP contribution < -0.4 is 10.2 Å². The summed E-state index contributed by atoms with van der Waals surface area (Å²) >= 11 is 2.89. The van der Waals surface area contributed by atoms with Crippen LogP contribution in [-0.4, -0.2) is 53.8 Å². The van der Waals surface area contributed by atoms with Crippen molar-refractivity contribution in [2.75, 3.05) is 36.1 Å². The quantitative estimate of drug-likeness (QED) is 0.524. The molecule has 2 aliphatic rings. The summed E-state index contributed by atoms with van der Waals surface area (Å²) in [5, 5.41) is 2.03. The molecule has 0 saturated carbocycles. The molecule has 0 aliphatic carbocycles. The van der Waals surface area contributed by atoms with Gasteiger partial charge in [-0.15, -0.1) is 23.5 Å². The zero-order valence-corrected chi connectivity index (χ0v) is 19.7. The summed E-state index contributed by atoms with van der Waals surface area (Å²) in [7, 11) is 0. The fraction of sp³-hybridized carbons (Fsp3) is 0.375. The van der Waals surface area contributed by atoms with Crippen molar-refractivity contribution in [3.05, 3.63) is 48.5 Å². The van der Waals surface area contributed by atoms with Gasteiger partial charge in [0, 0.05) is 28.6 Å². The maximum atomic E-state index is 13.4. The van der Waals surface area contributed by atoms with Gasteiger partial charge in [-0.05, 0) is 49.4 Å². The molecule has 3 amide bonds. The van der Waals surface area contributed by atoms with Gasteiger partial charge in [-0.2, -0.15) is 0 Å². The van der Waals surface area contributed by atoms with Crippen molar-refractivity contribution >= 4 is 52.6 Å². The molecule has 0 aromatic heterocycles. The number of thioether (sulfide) groups is 2. The molecule has 0 spiro atoms. The average molecular weight is 470 g/mol. The molecule has 2 aromatic carbocycles. The molecule has 1 atom stereocenters. The highest BCUT2D eigenvalue weighted by atomic mass is 32.2. The summed E-state index contributed by atoms with van der Waals surface area (Å²) in [5.41, 5.74) is 1.36. The van der Waals surface area contributed by atoms with Gasteiger partial charge in [0.25, 0.3) is 5.91 Å². The number of hydrogen-bond donors (Lipinski definition) is 1. The Morgan fingerprint density at radius 1 is 1.06 bits per heavy atom. The van der Waals surface area contributed by atoms with E-state index in [0.717, 1.165) is 35.5 Å². The highest BCUT2D eigenvalue weighted by Crippen LogP contribution is 2.40. The Morgan fingerprint density at radius 2 is 1.81 bits per heavy atom. The minimum Gasteiger partial charge on any atom is -0.341 e. The molecule has 168 valence electrons. The second-order valence-corrected chi connectivity index (χ2v) is 9.94. The van der Waals surface area contributed by atoms with E-state index in [4.69, 9.17) is 0 Å². The van der Waals surface area contributed by atoms with Crippen LogP contribution in [0.3, 0.4) is 0 Å². The number of carbonyl (C=O) groups is 3. The number of benzene rings is 2. The molecule has 2 aromatic rings. The Hall–Kier alpha value is -2.45. The van der Waals surface area contributed by atoms with Gasteiger partial charge in [0.05, 0.1) is 5.69 Å². The van der Waals surface area contributed by atoms with E-state index in [0.29, 0.717) is 24.5 Å². The Morgan fingerprint density at radius 3 is 2.56 bits per heavy atom. The molecule has 1 unspecified atom stereocenters. The van der Waals surface area contributed by atoms with Crippen LogP contribution >= 0.6 is 23.5 Å². The van der Waals surface area contributed by atoms with Crippen LogP contribution in [-0.2, 0) is 14.4 Å². The van der Waals surface area contributed by atoms with Crippen LogP contribution in [0.2, 0.25) is 0 Å². The zero-order chi connectivity index (χ0) is 22.5. The first-order valence-electron chi connectivity index (χ1n) is 10.9. The first-order valence-corrected chi connectivity index (χ1v) is 13.0. The van der Waals surface area contributed by atoms with Crippen LogP contribution in [0.1, 0.15) is 25.7 Å². The van der Waals surface area contributed by atoms with E-state index in [9.17, 15) is 14.4 Å². The topological polar surface area (TPSA) is 69.7 Å². The van der Waals surface area contributed by atoms with Crippen molar-refractivity contribution < 1.29 is 14.4 Å². The third-order valence-corrected chi connectivity index (χ3v) is 7.65. The van der Waals surface area contributed by atoms with Gasteiger partial charge in [0.1, 0.15) is 6.54 Å². The normalized spacial score (nSPS) is 18.7. The molecular formula is C24H27N3O3S2. The van der Waals surface area contributed by atoms with Gasteiger partial charge in [0.15, 0.2) is 5.25 Å². The van der Waals surface area contributed by atoms with E-state index >= 15 is 0 Å². The molecule has 0 radical (unpaired) electrons. The molecule has 4 rings (SSSR count). The fourth-order valence-corrected chi connectivity index (χ4v) is 5.69. The molecule has 8 heteroatoms. The third-order valence-electron chi connectivity index (χ3n) is 5.69. The molecule has 6 nitrogen and oxygen atoms in total. The molecule has 32 heavy (non-hydrogen) atoms. The SMILES string of the molecule is CSc1cccc(NC(=O)CN2C(=O)C(C(=O)N3CCCCCC3)Sc3ccccc32)c1. The third kappa shape index (κ3) is 5.13. The van der Waals surface area contributed by atoms with E-state index in [1.807, 2.05) is 59.7 Å². The maximum absolute atomic E-state index is 13.4. The Balaban J connectivity index is 1.53. The molecule has 2 heterocycles. The lowest BCUT2D eigenvalue weighted by Gasteiger charge is -2.34. The molecule has 1 N–H and O–H groups in total. The number of fused-ring (bicyclic) bond motifs is 1. The smallest absolute Gasteiger partial charge is 0.250 e. The van der Waals surface area contributed by atoms with E-state index in [2.05, 4.69) is 5.32 Å². The Kier molecular flexibility index (Phi) is 7.42. The highest BCUT2D eigenvalue weighted by molar-refractivity contribution is 8.01. The molecule has 0 bridgehead atoms. The van der Waals surface area contributed by atoms with Crippen LogP contribution in [0.25, 0.3) is 0 Å². The first kappa shape index (κ1) is 22.7. The largest absolute Gasteiger partial charge is 0.341 e. The second-order valence-electron chi connectivity index (χ2n) is 7.91. The minimum absolute atomic E-state index is 0.135. The van der Waals surface area contributed by atoms with Crippen molar-refractivity contribution in [1.29, 1.82) is 0 Å². The minimum atomic E-state index is -0.851. The Labute approximate surface area is 197 Å². The number of likely N-dealkylation sites (tertiary alicyclic amines) is 1. The van der Waals surface area contributed by atoms with E-state index in [-0.39, 0.29) is 24.3 Å². The number of nitrogens with zero attached hydrogens (tertiary/aromatic N) is 2. The summed E-state index contributed by atoms with van der Waals surface area (Å²) in [4.78, 5) is 44.7. The van der Waals surface area contributed by atoms with Crippen molar-refractivity contribution in [3.63, 3.8) is 0 Å². The molecular weight excluding hydrogens is 442 g/mol. The number of rotatable bonds is 5. The van der Waals surface area contributed by atoms with Gasteiger partial charge in [-0.3, -0.25) is 14.4 Å². The van der Waals surface area contributed by atoms with E-state index in [1.54, 1.807) is 11.8 Å². The maximum Gasteiger partial charge on any atom is 0.250 e. The lowest BCUT2D eigenvalue weighted by molar-refractivity contribution is -0.135. The van der Waals surface area contributed by atoms with Crippen molar-refractivity contribution in [2.45, 2.75) is 40.7 Å². The average Bonchev–Trinajstić information content (AvgIpc) is 3.10. The number of nitrogens with one attached hydrogen (secondary N) is 1. The lowest BCUT2D eigenvalue weighted by atomic mass is 10.2. The number of carbonyl (C=O) groups excluding carboxylic acids is 3. The van der Waals surface area contributed by atoms with Crippen LogP contribution in [0.15, 0.2) is 58.3 Å². The summed E-state index contributed by atoms with van der Waals surface area (Å²) < 4.78 is 0. The van der Waals surface area contributed by atoms with Crippen molar-refractivity contribution in [1.82, 2.24) is 4.90 Å². The van der Waals surface area contributed by atoms with Gasteiger partial charge >= 0.3 is 0 Å². The fourth-order valence-electron chi connectivity index (χ4n) is 4.04. The van der Waals surface area contributed by atoms with Gasteiger partial charge in [-0.1, -0.05) is 31.0 Å². The first-order chi connectivity index (χ1) is 15.6. The lowest BCUT2D eigenvalue weighted by Crippen LogP contribution is -2.51. The van der Waals surface area contributed by atoms with Gasteiger partial charge in [0.2, 0.25) is 11.8 Å². The Bertz CT molecular complexity index is 1010. The zero-order valence-electron chi connectivity index (χ0n) is 18.1. The highest BCUT2D eigenvalue weighted by Gasteiger charge is 2.40. The molecule has 1 saturated heterocycles.